The molecule has 0 aliphatic carbocycles. The van der Waals surface area contributed by atoms with Gasteiger partial charge in [0.2, 0.25) is 0 Å². The lowest BCUT2D eigenvalue weighted by molar-refractivity contribution is 0.0975. The Morgan fingerprint density at radius 1 is 1.33 bits per heavy atom. The van der Waals surface area contributed by atoms with E-state index in [1.54, 1.807) is 18.5 Å². The molecule has 2 N–H and O–H groups in total. The molecule has 2 aromatic heterocycles. The first-order chi connectivity index (χ1) is 14.3. The molecule has 4 rings (SSSR count). The van der Waals surface area contributed by atoms with Crippen LogP contribution in [0, 0.1) is 5.41 Å². The molecule has 2 saturated heterocycles. The van der Waals surface area contributed by atoms with Gasteiger partial charge >= 0.3 is 0 Å². The van der Waals surface area contributed by atoms with Crippen LogP contribution in [0.2, 0.25) is 10.2 Å². The van der Waals surface area contributed by atoms with E-state index in [1.165, 1.54) is 11.8 Å². The Bertz CT molecular complexity index is 986. The molecule has 2 atom stereocenters. The van der Waals surface area contributed by atoms with Gasteiger partial charge in [-0.3, -0.25) is 4.21 Å². The molecule has 7 nitrogen and oxygen atoms in total. The highest BCUT2D eigenvalue weighted by Gasteiger charge is 2.41. The normalized spacial score (nSPS) is 21.9. The number of piperidine rings is 1. The van der Waals surface area contributed by atoms with Gasteiger partial charge in [-0.15, -0.1) is 0 Å². The molecule has 0 radical (unpaired) electrons. The molecule has 0 aromatic carbocycles. The average molecular weight is 488 g/mol. The van der Waals surface area contributed by atoms with Crippen LogP contribution in [0.5, 0.6) is 0 Å². The molecule has 4 heterocycles. The van der Waals surface area contributed by atoms with Crippen LogP contribution in [0.1, 0.15) is 26.2 Å². The fourth-order valence-corrected chi connectivity index (χ4v) is 6.10. The summed E-state index contributed by atoms with van der Waals surface area (Å²) in [7, 11) is -1.29. The van der Waals surface area contributed by atoms with Crippen molar-refractivity contribution >= 4 is 57.4 Å². The molecule has 1 unspecified atom stereocenters. The van der Waals surface area contributed by atoms with Crippen molar-refractivity contribution in [2.45, 2.75) is 47.2 Å². The third-order valence-corrected chi connectivity index (χ3v) is 8.24. The van der Waals surface area contributed by atoms with Gasteiger partial charge in [-0.2, -0.15) is 0 Å². The Morgan fingerprint density at radius 2 is 2.07 bits per heavy atom. The number of hydrogen-bond donors (Lipinski definition) is 1. The van der Waals surface area contributed by atoms with Gasteiger partial charge in [-0.1, -0.05) is 35.0 Å². The number of nitrogen functional groups attached to an aromatic ring is 1. The standard InChI is InChI=1S/C19H23Cl2N5O2S2/c1-11-8-19(10-28-11)3-5-26(6-4-19)17-18(30(2)27)25-14(9-23-17)29-12-7-13(22)24-16(21)15(12)20/h7,9,11H,3-6,8,10H2,1-2H3,(H2,22,24)/t11-,30?/m0/s1. The predicted octanol–water partition coefficient (Wildman–Crippen LogP) is 4.04. The lowest BCUT2D eigenvalue weighted by Gasteiger charge is -2.39. The first-order valence-electron chi connectivity index (χ1n) is 9.63. The number of rotatable bonds is 4. The van der Waals surface area contributed by atoms with Crippen LogP contribution in [0.15, 0.2) is 27.2 Å². The summed E-state index contributed by atoms with van der Waals surface area (Å²) in [5.74, 6) is 0.948. The maximum Gasteiger partial charge on any atom is 0.170 e. The van der Waals surface area contributed by atoms with Crippen LogP contribution < -0.4 is 10.6 Å². The fraction of sp³-hybridized carbons (Fsp3) is 0.526. The molecular formula is C19H23Cl2N5O2S2. The van der Waals surface area contributed by atoms with E-state index in [4.69, 9.17) is 33.7 Å². The summed E-state index contributed by atoms with van der Waals surface area (Å²) in [5.41, 5.74) is 6.04. The number of pyridine rings is 1. The maximum absolute atomic E-state index is 12.5. The van der Waals surface area contributed by atoms with E-state index in [9.17, 15) is 4.21 Å². The predicted molar refractivity (Wildman–Crippen MR) is 121 cm³/mol. The van der Waals surface area contributed by atoms with E-state index in [0.29, 0.717) is 31.9 Å². The SMILES string of the molecule is C[C@H]1CC2(CCN(c3ncc(Sc4cc(N)nc(Cl)c4Cl)nc3S(C)=O)CC2)CO1. The quantitative estimate of drug-likeness (QED) is 0.645. The minimum Gasteiger partial charge on any atom is -0.384 e. The Kier molecular flexibility index (Phi) is 6.46. The monoisotopic (exact) mass is 487 g/mol. The van der Waals surface area contributed by atoms with Crippen molar-refractivity contribution in [2.75, 3.05) is 36.6 Å². The Hall–Kier alpha value is -1.13. The smallest absolute Gasteiger partial charge is 0.170 e. The molecule has 30 heavy (non-hydrogen) atoms. The maximum atomic E-state index is 12.5. The zero-order valence-corrected chi connectivity index (χ0v) is 19.9. The summed E-state index contributed by atoms with van der Waals surface area (Å²) in [4.78, 5) is 16.0. The van der Waals surface area contributed by atoms with Crippen molar-refractivity contribution in [1.29, 1.82) is 0 Å². The number of ether oxygens (including phenoxy) is 1. The van der Waals surface area contributed by atoms with Crippen molar-refractivity contribution in [2.24, 2.45) is 5.41 Å². The molecule has 162 valence electrons. The minimum atomic E-state index is -1.29. The molecular weight excluding hydrogens is 465 g/mol. The van der Waals surface area contributed by atoms with Crippen LogP contribution in [0.25, 0.3) is 0 Å². The van der Waals surface area contributed by atoms with Crippen molar-refractivity contribution in [3.05, 3.63) is 22.4 Å². The lowest BCUT2D eigenvalue weighted by Crippen LogP contribution is -2.41. The number of nitrogens with zero attached hydrogens (tertiary/aromatic N) is 4. The number of nitrogens with two attached hydrogens (primary N) is 1. The number of hydrogen-bond acceptors (Lipinski definition) is 8. The van der Waals surface area contributed by atoms with Gasteiger partial charge in [0.05, 0.1) is 34.7 Å². The highest BCUT2D eigenvalue weighted by atomic mass is 35.5. The second kappa shape index (κ2) is 8.78. The van der Waals surface area contributed by atoms with E-state index in [0.717, 1.165) is 39.0 Å². The van der Waals surface area contributed by atoms with Crippen LogP contribution >= 0.6 is 35.0 Å². The van der Waals surface area contributed by atoms with Crippen LogP contribution in [-0.4, -0.2) is 51.2 Å². The molecule has 2 fully saturated rings. The second-order valence-corrected chi connectivity index (χ2v) is 10.9. The molecule has 0 saturated carbocycles. The van der Waals surface area contributed by atoms with E-state index in [1.807, 2.05) is 0 Å². The number of aromatic nitrogens is 3. The van der Waals surface area contributed by atoms with Gasteiger partial charge in [0.1, 0.15) is 10.8 Å². The van der Waals surface area contributed by atoms with Gasteiger partial charge in [-0.05, 0) is 37.7 Å². The molecule has 0 bridgehead atoms. The van der Waals surface area contributed by atoms with Crippen LogP contribution in [0.4, 0.5) is 11.6 Å². The van der Waals surface area contributed by atoms with E-state index >= 15 is 0 Å². The third-order valence-electron chi connectivity index (χ3n) is 5.61. The molecule has 11 heteroatoms. The molecule has 2 aliphatic heterocycles. The fourth-order valence-electron chi connectivity index (χ4n) is 4.08. The summed E-state index contributed by atoms with van der Waals surface area (Å²) >= 11 is 13.5. The van der Waals surface area contributed by atoms with Crippen LogP contribution in [0.3, 0.4) is 0 Å². The van der Waals surface area contributed by atoms with Gasteiger partial charge in [-0.25, -0.2) is 15.0 Å². The van der Waals surface area contributed by atoms with E-state index in [-0.39, 0.29) is 16.4 Å². The topological polar surface area (TPSA) is 94.2 Å². The van der Waals surface area contributed by atoms with Gasteiger partial charge in [0.25, 0.3) is 0 Å². The number of halogens is 2. The molecule has 2 aliphatic rings. The average Bonchev–Trinajstić information content (AvgIpc) is 3.06. The Morgan fingerprint density at radius 3 is 2.70 bits per heavy atom. The van der Waals surface area contributed by atoms with Gasteiger partial charge in [0, 0.05) is 24.2 Å². The first-order valence-corrected chi connectivity index (χ1v) is 12.8. The molecule has 2 aromatic rings. The number of anilines is 2. The van der Waals surface area contributed by atoms with Crippen molar-refractivity contribution in [3.63, 3.8) is 0 Å². The summed E-state index contributed by atoms with van der Waals surface area (Å²) < 4.78 is 18.3. The highest BCUT2D eigenvalue weighted by molar-refractivity contribution is 7.99. The zero-order chi connectivity index (χ0) is 21.5. The van der Waals surface area contributed by atoms with Crippen LogP contribution in [-0.2, 0) is 15.5 Å². The summed E-state index contributed by atoms with van der Waals surface area (Å²) in [6.45, 7) is 4.67. The van der Waals surface area contributed by atoms with Gasteiger partial charge in [0.15, 0.2) is 16.0 Å². The second-order valence-electron chi connectivity index (χ2n) is 7.86. The first kappa shape index (κ1) is 22.1. The van der Waals surface area contributed by atoms with Gasteiger partial charge < -0.3 is 15.4 Å². The third kappa shape index (κ3) is 4.55. The van der Waals surface area contributed by atoms with E-state index in [2.05, 4.69) is 26.8 Å². The lowest BCUT2D eigenvalue weighted by atomic mass is 9.77. The van der Waals surface area contributed by atoms with Crippen molar-refractivity contribution in [3.8, 4) is 0 Å². The van der Waals surface area contributed by atoms with E-state index < -0.39 is 10.8 Å². The summed E-state index contributed by atoms with van der Waals surface area (Å²) in [6, 6.07) is 1.63. The Balaban J connectivity index is 1.55. The van der Waals surface area contributed by atoms with Crippen molar-refractivity contribution < 1.29 is 8.95 Å². The Labute approximate surface area is 192 Å². The highest BCUT2D eigenvalue weighted by Crippen LogP contribution is 2.43. The zero-order valence-electron chi connectivity index (χ0n) is 16.7. The summed E-state index contributed by atoms with van der Waals surface area (Å²) in [5, 5.41) is 1.47. The van der Waals surface area contributed by atoms with Crippen molar-refractivity contribution in [1.82, 2.24) is 15.0 Å². The largest absolute Gasteiger partial charge is 0.384 e. The minimum absolute atomic E-state index is 0.135. The molecule has 1 spiro atoms. The summed E-state index contributed by atoms with van der Waals surface area (Å²) in [6.07, 6.45) is 6.79. The molecule has 0 amide bonds.